The maximum absolute atomic E-state index is 12.1. The average Bonchev–Trinajstić information content (AvgIpc) is 2.79. The SMILES string of the molecule is C/C(=N\NC(=O)Cc1ccc(Br)cc1)c1ccc(NC(=O)COc2ccc(Cl)cc2)cc1. The Labute approximate surface area is 199 Å². The summed E-state index contributed by atoms with van der Waals surface area (Å²) in [5.41, 5.74) is 5.58. The lowest BCUT2D eigenvalue weighted by atomic mass is 10.1. The van der Waals surface area contributed by atoms with Crippen molar-refractivity contribution in [2.45, 2.75) is 13.3 Å². The zero-order valence-electron chi connectivity index (χ0n) is 17.3. The van der Waals surface area contributed by atoms with Crippen molar-refractivity contribution in [3.8, 4) is 5.75 Å². The minimum absolute atomic E-state index is 0.117. The number of rotatable bonds is 8. The first-order valence-corrected chi connectivity index (χ1v) is 10.9. The molecule has 0 bridgehead atoms. The molecular weight excluding hydrogens is 494 g/mol. The summed E-state index contributed by atoms with van der Waals surface area (Å²) in [5.74, 6) is 0.0865. The van der Waals surface area contributed by atoms with Crippen molar-refractivity contribution in [1.29, 1.82) is 0 Å². The Hall–Kier alpha value is -3.16. The number of benzene rings is 3. The van der Waals surface area contributed by atoms with Gasteiger partial charge in [0.05, 0.1) is 12.1 Å². The summed E-state index contributed by atoms with van der Waals surface area (Å²) >= 11 is 9.19. The summed E-state index contributed by atoms with van der Waals surface area (Å²) in [6, 6.07) is 21.5. The number of hydrogen-bond donors (Lipinski definition) is 2. The molecule has 0 aliphatic rings. The van der Waals surface area contributed by atoms with Gasteiger partial charge in [0.25, 0.3) is 5.91 Å². The van der Waals surface area contributed by atoms with Gasteiger partial charge in [0.1, 0.15) is 5.75 Å². The lowest BCUT2D eigenvalue weighted by molar-refractivity contribution is -0.120. The highest BCUT2D eigenvalue weighted by molar-refractivity contribution is 9.10. The summed E-state index contributed by atoms with van der Waals surface area (Å²) in [5, 5.41) is 7.53. The van der Waals surface area contributed by atoms with Gasteiger partial charge in [-0.25, -0.2) is 5.43 Å². The van der Waals surface area contributed by atoms with Crippen LogP contribution in [-0.2, 0) is 16.0 Å². The number of nitrogens with zero attached hydrogens (tertiary/aromatic N) is 1. The van der Waals surface area contributed by atoms with Gasteiger partial charge in [-0.3, -0.25) is 9.59 Å². The lowest BCUT2D eigenvalue weighted by Crippen LogP contribution is -2.21. The van der Waals surface area contributed by atoms with Gasteiger partial charge in [-0.05, 0) is 66.6 Å². The van der Waals surface area contributed by atoms with Crippen LogP contribution in [0.3, 0.4) is 0 Å². The molecule has 0 heterocycles. The van der Waals surface area contributed by atoms with Gasteiger partial charge in [-0.15, -0.1) is 0 Å². The van der Waals surface area contributed by atoms with E-state index >= 15 is 0 Å². The molecule has 164 valence electrons. The third-order valence-corrected chi connectivity index (χ3v) is 5.18. The van der Waals surface area contributed by atoms with E-state index < -0.39 is 0 Å². The Morgan fingerprint density at radius 1 is 0.938 bits per heavy atom. The summed E-state index contributed by atoms with van der Waals surface area (Å²) in [6.45, 7) is 1.68. The Morgan fingerprint density at radius 3 is 2.25 bits per heavy atom. The van der Waals surface area contributed by atoms with Gasteiger partial charge in [-0.2, -0.15) is 5.10 Å². The van der Waals surface area contributed by atoms with Crippen LogP contribution < -0.4 is 15.5 Å². The molecule has 0 aliphatic heterocycles. The van der Waals surface area contributed by atoms with Gasteiger partial charge < -0.3 is 10.1 Å². The number of anilines is 1. The molecule has 2 N–H and O–H groups in total. The molecule has 8 heteroatoms. The molecule has 2 amide bonds. The molecule has 3 rings (SSSR count). The second-order valence-corrected chi connectivity index (χ2v) is 8.26. The van der Waals surface area contributed by atoms with Crippen LogP contribution in [0, 0.1) is 0 Å². The summed E-state index contributed by atoms with van der Waals surface area (Å²) in [4.78, 5) is 24.2. The van der Waals surface area contributed by atoms with Gasteiger partial charge >= 0.3 is 0 Å². The van der Waals surface area contributed by atoms with E-state index in [9.17, 15) is 9.59 Å². The van der Waals surface area contributed by atoms with Gasteiger partial charge in [0.2, 0.25) is 5.91 Å². The summed E-state index contributed by atoms with van der Waals surface area (Å²) in [7, 11) is 0. The fraction of sp³-hybridized carbons (Fsp3) is 0.125. The molecule has 3 aromatic carbocycles. The molecule has 0 unspecified atom stereocenters. The average molecular weight is 515 g/mol. The van der Waals surface area contributed by atoms with Gasteiger partial charge in [0, 0.05) is 15.2 Å². The molecule has 0 radical (unpaired) electrons. The standard InChI is InChI=1S/C24H21BrClN3O3/c1-16(28-29-23(30)14-17-2-6-19(25)7-3-17)18-4-10-21(11-5-18)27-24(31)15-32-22-12-8-20(26)9-13-22/h2-13H,14-15H2,1H3,(H,27,31)(H,29,30)/b28-16+. The largest absolute Gasteiger partial charge is 0.484 e. The second-order valence-electron chi connectivity index (χ2n) is 6.90. The number of ether oxygens (including phenoxy) is 1. The van der Waals surface area contributed by atoms with Crippen molar-refractivity contribution in [2.75, 3.05) is 11.9 Å². The minimum atomic E-state index is -0.279. The quantitative estimate of drug-likeness (QED) is 0.320. The van der Waals surface area contributed by atoms with Crippen LogP contribution in [0.5, 0.6) is 5.75 Å². The number of hydrogen-bond acceptors (Lipinski definition) is 4. The molecule has 6 nitrogen and oxygen atoms in total. The predicted molar refractivity (Wildman–Crippen MR) is 130 cm³/mol. The smallest absolute Gasteiger partial charge is 0.262 e. The van der Waals surface area contributed by atoms with Crippen molar-refractivity contribution >= 4 is 50.7 Å². The van der Waals surface area contributed by atoms with Gasteiger partial charge in [0.15, 0.2) is 6.61 Å². The molecule has 3 aromatic rings. The number of halogens is 2. The Kier molecular flexibility index (Phi) is 8.41. The minimum Gasteiger partial charge on any atom is -0.484 e. The van der Waals surface area contributed by atoms with E-state index in [1.165, 1.54) is 0 Å². The van der Waals surface area contributed by atoms with Crippen molar-refractivity contribution in [2.24, 2.45) is 5.10 Å². The second kappa shape index (κ2) is 11.5. The van der Waals surface area contributed by atoms with E-state index in [0.29, 0.717) is 22.2 Å². The van der Waals surface area contributed by atoms with Gasteiger partial charge in [-0.1, -0.05) is 51.8 Å². The van der Waals surface area contributed by atoms with Crippen molar-refractivity contribution in [3.05, 3.63) is 93.4 Å². The maximum atomic E-state index is 12.1. The van der Waals surface area contributed by atoms with Crippen LogP contribution in [-0.4, -0.2) is 24.1 Å². The Morgan fingerprint density at radius 2 is 1.59 bits per heavy atom. The highest BCUT2D eigenvalue weighted by Crippen LogP contribution is 2.16. The zero-order chi connectivity index (χ0) is 22.9. The van der Waals surface area contributed by atoms with Crippen molar-refractivity contribution < 1.29 is 14.3 Å². The van der Waals surface area contributed by atoms with Crippen LogP contribution in [0.15, 0.2) is 82.4 Å². The molecule has 0 saturated heterocycles. The van der Waals surface area contributed by atoms with E-state index in [1.807, 2.05) is 36.4 Å². The molecule has 0 spiro atoms. The topological polar surface area (TPSA) is 79.8 Å². The maximum Gasteiger partial charge on any atom is 0.262 e. The molecule has 0 aromatic heterocycles. The van der Waals surface area contributed by atoms with Crippen LogP contribution in [0.1, 0.15) is 18.1 Å². The molecule has 0 aliphatic carbocycles. The van der Waals surface area contributed by atoms with Crippen LogP contribution in [0.25, 0.3) is 0 Å². The molecule has 0 fully saturated rings. The molecule has 0 saturated carbocycles. The first kappa shape index (κ1) is 23.5. The van der Waals surface area contributed by atoms with Crippen LogP contribution in [0.2, 0.25) is 5.02 Å². The van der Waals surface area contributed by atoms with E-state index in [2.05, 4.69) is 31.8 Å². The monoisotopic (exact) mass is 513 g/mol. The van der Waals surface area contributed by atoms with E-state index in [-0.39, 0.29) is 24.8 Å². The van der Waals surface area contributed by atoms with Crippen LogP contribution in [0.4, 0.5) is 5.69 Å². The first-order chi connectivity index (χ1) is 15.4. The highest BCUT2D eigenvalue weighted by Gasteiger charge is 2.06. The zero-order valence-corrected chi connectivity index (χ0v) is 19.6. The Bertz CT molecular complexity index is 1100. The number of hydrazone groups is 1. The molecule has 32 heavy (non-hydrogen) atoms. The number of carbonyl (C=O) groups excluding carboxylic acids is 2. The lowest BCUT2D eigenvalue weighted by Gasteiger charge is -2.08. The first-order valence-electron chi connectivity index (χ1n) is 9.75. The fourth-order valence-electron chi connectivity index (χ4n) is 2.71. The van der Waals surface area contributed by atoms with Crippen LogP contribution >= 0.6 is 27.5 Å². The van der Waals surface area contributed by atoms with Crippen molar-refractivity contribution in [3.63, 3.8) is 0 Å². The fourth-order valence-corrected chi connectivity index (χ4v) is 3.10. The van der Waals surface area contributed by atoms with E-state index in [4.69, 9.17) is 16.3 Å². The molecule has 0 atom stereocenters. The summed E-state index contributed by atoms with van der Waals surface area (Å²) < 4.78 is 6.39. The third-order valence-electron chi connectivity index (χ3n) is 4.40. The van der Waals surface area contributed by atoms with E-state index in [0.717, 1.165) is 15.6 Å². The predicted octanol–water partition coefficient (Wildman–Crippen LogP) is 5.20. The Balaban J connectivity index is 1.48. The number of carbonyl (C=O) groups is 2. The van der Waals surface area contributed by atoms with Crippen molar-refractivity contribution in [1.82, 2.24) is 5.43 Å². The normalized spacial score (nSPS) is 11.0. The third kappa shape index (κ3) is 7.51. The number of amides is 2. The molecular formula is C24H21BrClN3O3. The number of nitrogens with one attached hydrogen (secondary N) is 2. The summed E-state index contributed by atoms with van der Waals surface area (Å²) in [6.07, 6.45) is 0.243. The van der Waals surface area contributed by atoms with E-state index in [1.54, 1.807) is 43.3 Å². The highest BCUT2D eigenvalue weighted by atomic mass is 79.9.